The number of piperidine rings is 1. The second kappa shape index (κ2) is 6.79. The van der Waals surface area contributed by atoms with Crippen LogP contribution in [0.25, 0.3) is 0 Å². The molecule has 1 heterocycles. The Hall–Kier alpha value is -1.75. The molecule has 2 fully saturated rings. The zero-order valence-electron chi connectivity index (χ0n) is 13.0. The van der Waals surface area contributed by atoms with Gasteiger partial charge in [-0.25, -0.2) is 4.79 Å². The van der Waals surface area contributed by atoms with Crippen molar-refractivity contribution in [3.8, 4) is 0 Å². The van der Waals surface area contributed by atoms with E-state index in [9.17, 15) is 9.59 Å². The highest BCUT2D eigenvalue weighted by atomic mass is 35.5. The second-order valence-corrected chi connectivity index (χ2v) is 6.80. The molecule has 0 unspecified atom stereocenters. The van der Waals surface area contributed by atoms with Gasteiger partial charge in [-0.05, 0) is 43.2 Å². The predicted molar refractivity (Wildman–Crippen MR) is 89.2 cm³/mol. The third-order valence-corrected chi connectivity index (χ3v) is 5.18. The number of nitrogens with zero attached hydrogens (tertiary/aromatic N) is 1. The summed E-state index contributed by atoms with van der Waals surface area (Å²) in [6, 6.07) is 7.25. The SMILES string of the molecule is NC(=O)NC[C@@H]1CCCCN1C(=O)[C@H]1C[C@H]1c1ccccc1Cl. The molecular weight excluding hydrogens is 314 g/mol. The molecule has 0 spiro atoms. The maximum atomic E-state index is 12.8. The van der Waals surface area contributed by atoms with Gasteiger partial charge in [-0.1, -0.05) is 29.8 Å². The zero-order valence-corrected chi connectivity index (χ0v) is 13.8. The van der Waals surface area contributed by atoms with Gasteiger partial charge in [0.05, 0.1) is 0 Å². The number of benzene rings is 1. The minimum Gasteiger partial charge on any atom is -0.352 e. The van der Waals surface area contributed by atoms with Crippen LogP contribution in [0.15, 0.2) is 24.3 Å². The molecule has 1 aliphatic carbocycles. The van der Waals surface area contributed by atoms with E-state index in [0.717, 1.165) is 42.8 Å². The number of urea groups is 1. The zero-order chi connectivity index (χ0) is 16.4. The number of nitrogens with two attached hydrogens (primary N) is 1. The second-order valence-electron chi connectivity index (χ2n) is 6.40. The van der Waals surface area contributed by atoms with E-state index in [1.165, 1.54) is 0 Å². The average Bonchev–Trinajstić information content (AvgIpc) is 3.33. The molecular formula is C17H22ClN3O2. The fraction of sp³-hybridized carbons (Fsp3) is 0.529. The first-order valence-electron chi connectivity index (χ1n) is 8.16. The van der Waals surface area contributed by atoms with E-state index in [2.05, 4.69) is 5.32 Å². The first kappa shape index (κ1) is 16.1. The Kier molecular flexibility index (Phi) is 4.76. The number of carbonyl (C=O) groups excluding carboxylic acids is 2. The molecule has 3 N–H and O–H groups in total. The Bertz CT molecular complexity index is 607. The molecule has 0 aromatic heterocycles. The van der Waals surface area contributed by atoms with Gasteiger partial charge in [0.25, 0.3) is 0 Å². The molecule has 1 aliphatic heterocycles. The molecule has 1 saturated heterocycles. The summed E-state index contributed by atoms with van der Waals surface area (Å²) in [4.78, 5) is 25.7. The van der Waals surface area contributed by atoms with Crippen LogP contribution in [-0.2, 0) is 4.79 Å². The molecule has 124 valence electrons. The van der Waals surface area contributed by atoms with Gasteiger partial charge in [0.2, 0.25) is 5.91 Å². The normalized spacial score (nSPS) is 26.7. The summed E-state index contributed by atoms with van der Waals surface area (Å²) < 4.78 is 0. The number of carbonyl (C=O) groups is 2. The molecule has 1 aromatic rings. The van der Waals surface area contributed by atoms with Crippen LogP contribution in [0.2, 0.25) is 5.02 Å². The van der Waals surface area contributed by atoms with E-state index in [-0.39, 0.29) is 23.8 Å². The molecule has 3 atom stereocenters. The van der Waals surface area contributed by atoms with Gasteiger partial charge in [0.1, 0.15) is 0 Å². The molecule has 0 bridgehead atoms. The number of primary amides is 1. The fourth-order valence-electron chi connectivity index (χ4n) is 3.52. The number of halogens is 1. The summed E-state index contributed by atoms with van der Waals surface area (Å²) in [7, 11) is 0. The van der Waals surface area contributed by atoms with Gasteiger partial charge < -0.3 is 16.0 Å². The van der Waals surface area contributed by atoms with E-state index in [4.69, 9.17) is 17.3 Å². The molecule has 5 nitrogen and oxygen atoms in total. The van der Waals surface area contributed by atoms with Crippen molar-refractivity contribution in [3.05, 3.63) is 34.9 Å². The lowest BCUT2D eigenvalue weighted by atomic mass is 10.0. The van der Waals surface area contributed by atoms with Crippen LogP contribution in [0.5, 0.6) is 0 Å². The fourth-order valence-corrected chi connectivity index (χ4v) is 3.80. The van der Waals surface area contributed by atoms with Crippen LogP contribution >= 0.6 is 11.6 Å². The van der Waals surface area contributed by atoms with Crippen molar-refractivity contribution in [1.82, 2.24) is 10.2 Å². The highest BCUT2D eigenvalue weighted by molar-refractivity contribution is 6.31. The van der Waals surface area contributed by atoms with Crippen LogP contribution in [-0.4, -0.2) is 36.0 Å². The number of likely N-dealkylation sites (tertiary alicyclic amines) is 1. The molecule has 3 rings (SSSR count). The van der Waals surface area contributed by atoms with Gasteiger partial charge in [-0.2, -0.15) is 0 Å². The van der Waals surface area contributed by atoms with E-state index in [0.29, 0.717) is 6.54 Å². The summed E-state index contributed by atoms with van der Waals surface area (Å²) in [5.74, 6) is 0.429. The highest BCUT2D eigenvalue weighted by Crippen LogP contribution is 2.50. The van der Waals surface area contributed by atoms with Crippen LogP contribution in [0.4, 0.5) is 4.79 Å². The third kappa shape index (κ3) is 3.61. The molecule has 6 heteroatoms. The van der Waals surface area contributed by atoms with Crippen LogP contribution in [0.3, 0.4) is 0 Å². The summed E-state index contributed by atoms with van der Waals surface area (Å²) in [5.41, 5.74) is 6.22. The van der Waals surface area contributed by atoms with E-state index in [1.807, 2.05) is 29.2 Å². The molecule has 3 amide bonds. The Labute approximate surface area is 141 Å². The Morgan fingerprint density at radius 1 is 1.30 bits per heavy atom. The highest BCUT2D eigenvalue weighted by Gasteiger charge is 2.47. The minimum atomic E-state index is -0.539. The first-order valence-corrected chi connectivity index (χ1v) is 8.54. The van der Waals surface area contributed by atoms with Crippen LogP contribution < -0.4 is 11.1 Å². The van der Waals surface area contributed by atoms with Crippen molar-refractivity contribution in [2.75, 3.05) is 13.1 Å². The Morgan fingerprint density at radius 3 is 2.83 bits per heavy atom. The molecule has 2 aliphatic rings. The third-order valence-electron chi connectivity index (χ3n) is 4.83. The van der Waals surface area contributed by atoms with Gasteiger partial charge >= 0.3 is 6.03 Å². The minimum absolute atomic E-state index is 0.0177. The molecule has 0 radical (unpaired) electrons. The number of hydrogen-bond donors (Lipinski definition) is 2. The number of amides is 3. The predicted octanol–water partition coefficient (Wildman–Crippen LogP) is 2.49. The Morgan fingerprint density at radius 2 is 2.09 bits per heavy atom. The van der Waals surface area contributed by atoms with Gasteiger partial charge in [0, 0.05) is 30.1 Å². The lowest BCUT2D eigenvalue weighted by molar-refractivity contribution is -0.136. The van der Waals surface area contributed by atoms with Crippen LogP contribution in [0.1, 0.15) is 37.2 Å². The van der Waals surface area contributed by atoms with E-state index < -0.39 is 6.03 Å². The monoisotopic (exact) mass is 335 g/mol. The van der Waals surface area contributed by atoms with Crippen molar-refractivity contribution in [3.63, 3.8) is 0 Å². The average molecular weight is 336 g/mol. The number of nitrogens with one attached hydrogen (secondary N) is 1. The smallest absolute Gasteiger partial charge is 0.312 e. The first-order chi connectivity index (χ1) is 11.1. The molecule has 1 saturated carbocycles. The quantitative estimate of drug-likeness (QED) is 0.887. The van der Waals surface area contributed by atoms with E-state index >= 15 is 0 Å². The molecule has 23 heavy (non-hydrogen) atoms. The number of hydrogen-bond acceptors (Lipinski definition) is 2. The topological polar surface area (TPSA) is 75.4 Å². The largest absolute Gasteiger partial charge is 0.352 e. The van der Waals surface area contributed by atoms with Crippen molar-refractivity contribution in [2.24, 2.45) is 11.7 Å². The van der Waals surface area contributed by atoms with Crippen LogP contribution in [0, 0.1) is 5.92 Å². The van der Waals surface area contributed by atoms with Gasteiger partial charge in [-0.3, -0.25) is 4.79 Å². The summed E-state index contributed by atoms with van der Waals surface area (Å²) in [5, 5.41) is 3.37. The number of rotatable bonds is 4. The standard InChI is InChI=1S/C17H22ClN3O2/c18-15-7-2-1-6-12(15)13-9-14(13)16(22)21-8-4-3-5-11(21)10-20-17(19)23/h1-2,6-7,11,13-14H,3-5,8-10H2,(H3,19,20,23)/t11-,13-,14-/m0/s1. The van der Waals surface area contributed by atoms with Crippen molar-refractivity contribution >= 4 is 23.5 Å². The molecule has 1 aromatic carbocycles. The lowest BCUT2D eigenvalue weighted by Crippen LogP contribution is -2.50. The van der Waals surface area contributed by atoms with Crippen molar-refractivity contribution in [1.29, 1.82) is 0 Å². The summed E-state index contributed by atoms with van der Waals surface area (Å²) >= 11 is 6.24. The maximum Gasteiger partial charge on any atom is 0.312 e. The van der Waals surface area contributed by atoms with Gasteiger partial charge in [0.15, 0.2) is 0 Å². The van der Waals surface area contributed by atoms with Crippen molar-refractivity contribution in [2.45, 2.75) is 37.6 Å². The lowest BCUT2D eigenvalue weighted by Gasteiger charge is -2.36. The summed E-state index contributed by atoms with van der Waals surface area (Å²) in [6.45, 7) is 1.19. The van der Waals surface area contributed by atoms with Crippen molar-refractivity contribution < 1.29 is 9.59 Å². The Balaban J connectivity index is 1.65. The van der Waals surface area contributed by atoms with Gasteiger partial charge in [-0.15, -0.1) is 0 Å². The van der Waals surface area contributed by atoms with E-state index in [1.54, 1.807) is 0 Å². The summed E-state index contributed by atoms with van der Waals surface area (Å²) in [6.07, 6.45) is 3.86. The maximum absolute atomic E-state index is 12.8.